The number of hydrogen-bond acceptors (Lipinski definition) is 2. The van der Waals surface area contributed by atoms with E-state index in [1.165, 1.54) is 5.56 Å². The van der Waals surface area contributed by atoms with Gasteiger partial charge in [-0.1, -0.05) is 32.9 Å². The number of benzene rings is 1. The van der Waals surface area contributed by atoms with Crippen LogP contribution in [0.25, 0.3) is 0 Å². The molecule has 2 N–H and O–H groups in total. The third kappa shape index (κ3) is 4.34. The van der Waals surface area contributed by atoms with Gasteiger partial charge < -0.3 is 10.5 Å². The van der Waals surface area contributed by atoms with Gasteiger partial charge in [0.2, 0.25) is 0 Å². The fourth-order valence-electron chi connectivity index (χ4n) is 1.99. The first-order valence-corrected chi connectivity index (χ1v) is 6.88. The molecule has 1 aromatic rings. The SMILES string of the molecule is CCC(C)(C)c1ccc(OC(C)CC(C)N)cc1. The first-order valence-electron chi connectivity index (χ1n) is 6.88. The van der Waals surface area contributed by atoms with E-state index in [0.29, 0.717) is 0 Å². The Bertz CT molecular complexity index is 354. The minimum atomic E-state index is 0.162. The molecule has 0 aliphatic rings. The van der Waals surface area contributed by atoms with Gasteiger partial charge >= 0.3 is 0 Å². The molecule has 0 radical (unpaired) electrons. The van der Waals surface area contributed by atoms with Crippen LogP contribution in [0.2, 0.25) is 0 Å². The first-order chi connectivity index (χ1) is 8.35. The van der Waals surface area contributed by atoms with Gasteiger partial charge in [-0.25, -0.2) is 0 Å². The maximum Gasteiger partial charge on any atom is 0.119 e. The van der Waals surface area contributed by atoms with E-state index in [0.717, 1.165) is 18.6 Å². The molecule has 1 rings (SSSR count). The summed E-state index contributed by atoms with van der Waals surface area (Å²) in [5.74, 6) is 0.929. The van der Waals surface area contributed by atoms with E-state index in [1.54, 1.807) is 0 Å². The van der Waals surface area contributed by atoms with Gasteiger partial charge in [0.05, 0.1) is 6.10 Å². The van der Waals surface area contributed by atoms with Crippen molar-refractivity contribution in [3.63, 3.8) is 0 Å². The Balaban J connectivity index is 2.66. The lowest BCUT2D eigenvalue weighted by molar-refractivity contribution is 0.203. The van der Waals surface area contributed by atoms with Crippen LogP contribution in [0, 0.1) is 0 Å². The van der Waals surface area contributed by atoms with Crippen LogP contribution in [0.15, 0.2) is 24.3 Å². The Morgan fingerprint density at radius 1 is 1.17 bits per heavy atom. The van der Waals surface area contributed by atoms with E-state index in [1.807, 2.05) is 6.92 Å². The summed E-state index contributed by atoms with van der Waals surface area (Å²) in [5.41, 5.74) is 7.36. The normalized spacial score (nSPS) is 15.2. The fraction of sp³-hybridized carbons (Fsp3) is 0.625. The minimum Gasteiger partial charge on any atom is -0.491 e. The van der Waals surface area contributed by atoms with E-state index >= 15 is 0 Å². The van der Waals surface area contributed by atoms with Crippen molar-refractivity contribution in [3.05, 3.63) is 29.8 Å². The summed E-state index contributed by atoms with van der Waals surface area (Å²) in [6.45, 7) is 10.8. The van der Waals surface area contributed by atoms with E-state index in [9.17, 15) is 0 Å². The van der Waals surface area contributed by atoms with Crippen LogP contribution in [-0.4, -0.2) is 12.1 Å². The molecule has 0 saturated carbocycles. The number of rotatable bonds is 6. The van der Waals surface area contributed by atoms with Crippen LogP contribution in [0.4, 0.5) is 0 Å². The second kappa shape index (κ2) is 6.24. The van der Waals surface area contributed by atoms with Crippen molar-refractivity contribution in [2.45, 2.75) is 65.0 Å². The summed E-state index contributed by atoms with van der Waals surface area (Å²) in [6, 6.07) is 8.63. The molecule has 2 atom stereocenters. The van der Waals surface area contributed by atoms with Crippen molar-refractivity contribution in [2.24, 2.45) is 5.73 Å². The molecule has 2 nitrogen and oxygen atoms in total. The van der Waals surface area contributed by atoms with E-state index < -0.39 is 0 Å². The lowest BCUT2D eigenvalue weighted by Crippen LogP contribution is -2.24. The van der Waals surface area contributed by atoms with Crippen molar-refractivity contribution in [1.29, 1.82) is 0 Å². The highest BCUT2D eigenvalue weighted by atomic mass is 16.5. The van der Waals surface area contributed by atoms with Gasteiger partial charge in [-0.05, 0) is 49.8 Å². The molecule has 0 heterocycles. The van der Waals surface area contributed by atoms with Crippen molar-refractivity contribution >= 4 is 0 Å². The van der Waals surface area contributed by atoms with Crippen LogP contribution in [0.3, 0.4) is 0 Å². The maximum absolute atomic E-state index is 5.85. The van der Waals surface area contributed by atoms with Crippen LogP contribution >= 0.6 is 0 Å². The molecule has 0 aromatic heterocycles. The Kier molecular flexibility index (Phi) is 5.21. The van der Waals surface area contributed by atoms with E-state index in [2.05, 4.69) is 52.0 Å². The summed E-state index contributed by atoms with van der Waals surface area (Å²) >= 11 is 0. The largest absolute Gasteiger partial charge is 0.491 e. The van der Waals surface area contributed by atoms with Crippen molar-refractivity contribution < 1.29 is 4.74 Å². The minimum absolute atomic E-state index is 0.162. The highest BCUT2D eigenvalue weighted by Crippen LogP contribution is 2.28. The zero-order valence-corrected chi connectivity index (χ0v) is 12.4. The Morgan fingerprint density at radius 3 is 2.17 bits per heavy atom. The van der Waals surface area contributed by atoms with Crippen LogP contribution in [0.5, 0.6) is 5.75 Å². The number of nitrogens with two attached hydrogens (primary N) is 1. The standard InChI is InChI=1S/C16H27NO/c1-6-16(4,5)14-7-9-15(10-8-14)18-13(3)11-12(2)17/h7-10,12-13H,6,11,17H2,1-5H3. The molecule has 0 amide bonds. The average Bonchev–Trinajstić information content (AvgIpc) is 2.28. The van der Waals surface area contributed by atoms with Crippen molar-refractivity contribution in [3.8, 4) is 5.75 Å². The summed E-state index contributed by atoms with van der Waals surface area (Å²) in [4.78, 5) is 0. The smallest absolute Gasteiger partial charge is 0.119 e. The molecule has 0 spiro atoms. The van der Waals surface area contributed by atoms with Gasteiger partial charge in [0.15, 0.2) is 0 Å². The fourth-order valence-corrected chi connectivity index (χ4v) is 1.99. The molecule has 0 bridgehead atoms. The molecule has 0 aliphatic carbocycles. The molecule has 0 saturated heterocycles. The molecule has 0 fully saturated rings. The topological polar surface area (TPSA) is 35.2 Å². The van der Waals surface area contributed by atoms with Crippen LogP contribution < -0.4 is 10.5 Å². The van der Waals surface area contributed by atoms with Crippen molar-refractivity contribution in [1.82, 2.24) is 0 Å². The highest BCUT2D eigenvalue weighted by Gasteiger charge is 2.17. The predicted molar refractivity (Wildman–Crippen MR) is 78.1 cm³/mol. The Labute approximate surface area is 112 Å². The van der Waals surface area contributed by atoms with Gasteiger partial charge in [-0.2, -0.15) is 0 Å². The monoisotopic (exact) mass is 249 g/mol. The molecular formula is C16H27NO. The van der Waals surface area contributed by atoms with Gasteiger partial charge in [-0.3, -0.25) is 0 Å². The second-order valence-electron chi connectivity index (χ2n) is 5.90. The number of ether oxygens (including phenoxy) is 1. The lowest BCUT2D eigenvalue weighted by atomic mass is 9.82. The van der Waals surface area contributed by atoms with E-state index in [4.69, 9.17) is 10.5 Å². The summed E-state index contributed by atoms with van der Waals surface area (Å²) in [7, 11) is 0. The molecule has 18 heavy (non-hydrogen) atoms. The third-order valence-electron chi connectivity index (χ3n) is 3.56. The Hall–Kier alpha value is -1.02. The second-order valence-corrected chi connectivity index (χ2v) is 5.90. The highest BCUT2D eigenvalue weighted by molar-refractivity contribution is 5.31. The summed E-state index contributed by atoms with van der Waals surface area (Å²) in [5, 5.41) is 0. The third-order valence-corrected chi connectivity index (χ3v) is 3.56. The first kappa shape index (κ1) is 15.0. The predicted octanol–water partition coefficient (Wildman–Crippen LogP) is 3.88. The zero-order chi connectivity index (χ0) is 13.8. The van der Waals surface area contributed by atoms with Gasteiger partial charge in [0, 0.05) is 6.04 Å². The Morgan fingerprint density at radius 2 is 1.72 bits per heavy atom. The van der Waals surface area contributed by atoms with Gasteiger partial charge in [0.1, 0.15) is 5.75 Å². The average molecular weight is 249 g/mol. The zero-order valence-electron chi connectivity index (χ0n) is 12.4. The molecule has 102 valence electrons. The summed E-state index contributed by atoms with van der Waals surface area (Å²) in [6.07, 6.45) is 2.17. The summed E-state index contributed by atoms with van der Waals surface area (Å²) < 4.78 is 5.85. The molecule has 0 aliphatic heterocycles. The lowest BCUT2D eigenvalue weighted by Gasteiger charge is -2.24. The molecular weight excluding hydrogens is 222 g/mol. The van der Waals surface area contributed by atoms with E-state index in [-0.39, 0.29) is 17.6 Å². The maximum atomic E-state index is 5.85. The van der Waals surface area contributed by atoms with Gasteiger partial charge in [0.25, 0.3) is 0 Å². The number of hydrogen-bond donors (Lipinski definition) is 1. The van der Waals surface area contributed by atoms with Crippen LogP contribution in [-0.2, 0) is 5.41 Å². The quantitative estimate of drug-likeness (QED) is 0.830. The molecule has 2 heteroatoms. The molecule has 2 unspecified atom stereocenters. The van der Waals surface area contributed by atoms with Crippen molar-refractivity contribution in [2.75, 3.05) is 0 Å². The molecule has 1 aromatic carbocycles. The van der Waals surface area contributed by atoms with Crippen LogP contribution in [0.1, 0.15) is 53.0 Å². The van der Waals surface area contributed by atoms with Gasteiger partial charge in [-0.15, -0.1) is 0 Å².